The van der Waals surface area contributed by atoms with Crippen LogP contribution in [0.25, 0.3) is 5.69 Å². The number of benzene rings is 1. The fourth-order valence-electron chi connectivity index (χ4n) is 2.15. The highest BCUT2D eigenvalue weighted by molar-refractivity contribution is 7.90. The molecule has 21 heavy (non-hydrogen) atoms. The van der Waals surface area contributed by atoms with Crippen molar-refractivity contribution in [3.8, 4) is 5.69 Å². The molecule has 2 rings (SSSR count). The summed E-state index contributed by atoms with van der Waals surface area (Å²) in [5.41, 5.74) is 0.201. The third-order valence-electron chi connectivity index (χ3n) is 3.06. The number of hydrogen-bond donors (Lipinski definition) is 1. The Hall–Kier alpha value is -2.41. The summed E-state index contributed by atoms with van der Waals surface area (Å²) in [5.74, 6) is -1.19. The Kier molecular flexibility index (Phi) is 3.69. The van der Waals surface area contributed by atoms with Crippen molar-refractivity contribution >= 4 is 15.8 Å². The maximum Gasteiger partial charge on any atom is 0.335 e. The van der Waals surface area contributed by atoms with Crippen LogP contribution in [0.2, 0.25) is 0 Å². The van der Waals surface area contributed by atoms with Crippen molar-refractivity contribution in [2.75, 3.05) is 6.26 Å². The first-order valence-corrected chi connectivity index (χ1v) is 7.86. The molecule has 1 heterocycles. The predicted molar refractivity (Wildman–Crippen MR) is 76.8 cm³/mol. The number of hydrogen-bond acceptors (Lipinski definition) is 4. The normalized spacial score (nSPS) is 11.3. The number of rotatable bonds is 3. The smallest absolute Gasteiger partial charge is 0.335 e. The molecule has 0 amide bonds. The lowest BCUT2D eigenvalue weighted by Crippen LogP contribution is -2.12. The van der Waals surface area contributed by atoms with Gasteiger partial charge in [-0.1, -0.05) is 0 Å². The van der Waals surface area contributed by atoms with Gasteiger partial charge in [0.05, 0.1) is 16.1 Å². The van der Waals surface area contributed by atoms with E-state index in [9.17, 15) is 18.0 Å². The molecule has 110 valence electrons. The zero-order valence-corrected chi connectivity index (χ0v) is 12.2. The van der Waals surface area contributed by atoms with E-state index in [1.54, 1.807) is 0 Å². The minimum Gasteiger partial charge on any atom is -0.478 e. The highest BCUT2D eigenvalue weighted by Gasteiger charge is 2.22. The van der Waals surface area contributed by atoms with Crippen LogP contribution in [-0.4, -0.2) is 30.3 Å². The minimum atomic E-state index is -3.64. The summed E-state index contributed by atoms with van der Waals surface area (Å²) in [5, 5.41) is 9.11. The SMILES string of the molecule is Cc1c(C(=O)O)ccc(-n2ccc(=O)cc2)c1S(C)(=O)=O. The van der Waals surface area contributed by atoms with Crippen molar-refractivity contribution in [3.05, 3.63) is 58.0 Å². The third-order valence-corrected chi connectivity index (χ3v) is 4.32. The number of aromatic nitrogens is 1. The van der Waals surface area contributed by atoms with Crippen LogP contribution in [0.1, 0.15) is 15.9 Å². The van der Waals surface area contributed by atoms with Gasteiger partial charge in [0.1, 0.15) is 0 Å². The lowest BCUT2D eigenvalue weighted by atomic mass is 10.1. The molecule has 7 heteroatoms. The second-order valence-corrected chi connectivity index (χ2v) is 6.56. The van der Waals surface area contributed by atoms with E-state index in [-0.39, 0.29) is 21.5 Å². The van der Waals surface area contributed by atoms with Gasteiger partial charge in [-0.25, -0.2) is 13.2 Å². The molecular weight excluding hydrogens is 294 g/mol. The first kappa shape index (κ1) is 15.0. The number of carboxylic acids is 1. The van der Waals surface area contributed by atoms with Crippen LogP contribution in [0, 0.1) is 6.92 Å². The summed E-state index contributed by atoms with van der Waals surface area (Å²) in [4.78, 5) is 22.2. The fourth-order valence-corrected chi connectivity index (χ4v) is 3.37. The third kappa shape index (κ3) is 2.87. The number of pyridine rings is 1. The van der Waals surface area contributed by atoms with Crippen LogP contribution in [0.3, 0.4) is 0 Å². The second kappa shape index (κ2) is 5.17. The Balaban J connectivity index is 2.84. The highest BCUT2D eigenvalue weighted by Crippen LogP contribution is 2.26. The molecule has 1 aromatic carbocycles. The van der Waals surface area contributed by atoms with Crippen molar-refractivity contribution in [2.45, 2.75) is 11.8 Å². The van der Waals surface area contributed by atoms with E-state index in [4.69, 9.17) is 5.11 Å². The Bertz CT molecular complexity index is 860. The van der Waals surface area contributed by atoms with Crippen molar-refractivity contribution in [1.29, 1.82) is 0 Å². The number of sulfone groups is 1. The van der Waals surface area contributed by atoms with E-state index in [0.717, 1.165) is 6.26 Å². The molecule has 0 atom stereocenters. The standard InChI is InChI=1S/C14H13NO5S/c1-9-11(14(17)18)3-4-12(13(9)21(2,19)20)15-7-5-10(16)6-8-15/h3-8H,1-2H3,(H,17,18). The molecule has 6 nitrogen and oxygen atoms in total. The average molecular weight is 307 g/mol. The quantitative estimate of drug-likeness (QED) is 0.921. The first-order chi connectivity index (χ1) is 9.71. The molecule has 0 spiro atoms. The van der Waals surface area contributed by atoms with Crippen LogP contribution in [-0.2, 0) is 9.84 Å². The van der Waals surface area contributed by atoms with E-state index in [1.807, 2.05) is 0 Å². The van der Waals surface area contributed by atoms with Gasteiger partial charge in [-0.3, -0.25) is 4.79 Å². The summed E-state index contributed by atoms with van der Waals surface area (Å²) in [6.07, 6.45) is 3.89. The van der Waals surface area contributed by atoms with Crippen LogP contribution in [0.15, 0.2) is 46.3 Å². The summed E-state index contributed by atoms with van der Waals surface area (Å²) in [7, 11) is -3.64. The number of carbonyl (C=O) groups is 1. The Morgan fingerprint density at radius 3 is 2.19 bits per heavy atom. The maximum atomic E-state index is 12.0. The molecule has 0 fully saturated rings. The number of carboxylic acid groups (broad SMARTS) is 1. The van der Waals surface area contributed by atoms with Gasteiger partial charge < -0.3 is 9.67 Å². The molecule has 0 saturated heterocycles. The predicted octanol–water partition coefficient (Wildman–Crippen LogP) is 1.25. The lowest BCUT2D eigenvalue weighted by molar-refractivity contribution is 0.0696. The number of aromatic carboxylic acids is 1. The molecule has 0 radical (unpaired) electrons. The Morgan fingerprint density at radius 2 is 1.71 bits per heavy atom. The number of nitrogens with zero attached hydrogens (tertiary/aromatic N) is 1. The Morgan fingerprint density at radius 1 is 1.14 bits per heavy atom. The van der Waals surface area contributed by atoms with Gasteiger partial charge in [-0.2, -0.15) is 0 Å². The zero-order valence-electron chi connectivity index (χ0n) is 11.4. The van der Waals surface area contributed by atoms with Gasteiger partial charge in [-0.05, 0) is 24.6 Å². The van der Waals surface area contributed by atoms with Gasteiger partial charge in [0.25, 0.3) is 0 Å². The van der Waals surface area contributed by atoms with Crippen LogP contribution in [0.5, 0.6) is 0 Å². The lowest BCUT2D eigenvalue weighted by Gasteiger charge is -2.15. The van der Waals surface area contributed by atoms with Gasteiger partial charge in [0, 0.05) is 30.8 Å². The van der Waals surface area contributed by atoms with E-state index in [2.05, 4.69) is 0 Å². The molecule has 1 aromatic heterocycles. The molecule has 0 aliphatic rings. The van der Waals surface area contributed by atoms with Crippen molar-refractivity contribution in [1.82, 2.24) is 4.57 Å². The summed E-state index contributed by atoms with van der Waals surface area (Å²) < 4.78 is 25.5. The highest BCUT2D eigenvalue weighted by atomic mass is 32.2. The summed E-state index contributed by atoms with van der Waals surface area (Å²) in [6, 6.07) is 5.36. The molecule has 0 saturated carbocycles. The van der Waals surface area contributed by atoms with Crippen molar-refractivity contribution in [2.24, 2.45) is 0 Å². The largest absolute Gasteiger partial charge is 0.478 e. The Labute approximate surface area is 121 Å². The first-order valence-electron chi connectivity index (χ1n) is 5.97. The van der Waals surface area contributed by atoms with E-state index in [0.29, 0.717) is 5.69 Å². The molecule has 0 aliphatic carbocycles. The van der Waals surface area contributed by atoms with Crippen molar-refractivity contribution in [3.63, 3.8) is 0 Å². The summed E-state index contributed by atoms with van der Waals surface area (Å²) >= 11 is 0. The zero-order chi connectivity index (χ0) is 15.8. The molecule has 2 aromatic rings. The van der Waals surface area contributed by atoms with E-state index >= 15 is 0 Å². The van der Waals surface area contributed by atoms with Crippen LogP contribution in [0.4, 0.5) is 0 Å². The molecular formula is C14H13NO5S. The molecule has 1 N–H and O–H groups in total. The van der Waals surface area contributed by atoms with Crippen molar-refractivity contribution < 1.29 is 18.3 Å². The second-order valence-electron chi connectivity index (χ2n) is 4.60. The van der Waals surface area contributed by atoms with Gasteiger partial charge >= 0.3 is 5.97 Å². The van der Waals surface area contributed by atoms with Gasteiger partial charge in [-0.15, -0.1) is 0 Å². The average Bonchev–Trinajstić information content (AvgIpc) is 2.37. The van der Waals surface area contributed by atoms with E-state index < -0.39 is 15.8 Å². The van der Waals surface area contributed by atoms with Crippen LogP contribution >= 0.6 is 0 Å². The fraction of sp³-hybridized carbons (Fsp3) is 0.143. The molecule has 0 bridgehead atoms. The summed E-state index contributed by atoms with van der Waals surface area (Å²) in [6.45, 7) is 1.45. The monoisotopic (exact) mass is 307 g/mol. The minimum absolute atomic E-state index is 0.0638. The molecule has 0 unspecified atom stereocenters. The maximum absolute atomic E-state index is 12.0. The van der Waals surface area contributed by atoms with E-state index in [1.165, 1.54) is 48.1 Å². The van der Waals surface area contributed by atoms with Gasteiger partial charge in [0.15, 0.2) is 15.3 Å². The van der Waals surface area contributed by atoms with Crippen LogP contribution < -0.4 is 5.43 Å². The molecule has 0 aliphatic heterocycles. The topological polar surface area (TPSA) is 93.4 Å². The van der Waals surface area contributed by atoms with Gasteiger partial charge in [0.2, 0.25) is 0 Å².